The molecule has 1 amide bonds. The van der Waals surface area contributed by atoms with E-state index in [1.54, 1.807) is 12.3 Å². The van der Waals surface area contributed by atoms with Crippen molar-refractivity contribution < 1.29 is 14.6 Å². The molecule has 1 aromatic heterocycles. The van der Waals surface area contributed by atoms with Crippen molar-refractivity contribution in [3.05, 3.63) is 42.1 Å². The molecule has 1 aromatic carbocycles. The zero-order valence-electron chi connectivity index (χ0n) is 15.6. The molecular weight excluding hydrogens is 330 g/mol. The fourth-order valence-corrected chi connectivity index (χ4v) is 3.35. The van der Waals surface area contributed by atoms with Gasteiger partial charge in [-0.3, -0.25) is 14.7 Å². The molecule has 6 heteroatoms. The van der Waals surface area contributed by atoms with Crippen molar-refractivity contribution in [1.82, 2.24) is 15.2 Å². The number of nitrogens with one attached hydrogen (secondary N) is 1. The Morgan fingerprint density at radius 1 is 1.38 bits per heavy atom. The third-order valence-corrected chi connectivity index (χ3v) is 4.54. The van der Waals surface area contributed by atoms with Crippen LogP contribution in [-0.2, 0) is 4.74 Å². The molecule has 2 aromatic rings. The van der Waals surface area contributed by atoms with Crippen LogP contribution in [0.3, 0.4) is 0 Å². The van der Waals surface area contributed by atoms with E-state index >= 15 is 0 Å². The summed E-state index contributed by atoms with van der Waals surface area (Å²) in [7, 11) is 0. The lowest BCUT2D eigenvalue weighted by Gasteiger charge is -2.33. The van der Waals surface area contributed by atoms with E-state index in [-0.39, 0.29) is 11.9 Å². The second-order valence-electron chi connectivity index (χ2n) is 7.68. The van der Waals surface area contributed by atoms with Crippen LogP contribution in [0.25, 0.3) is 10.9 Å². The van der Waals surface area contributed by atoms with Crippen LogP contribution in [0.1, 0.15) is 44.0 Å². The third-order valence-electron chi connectivity index (χ3n) is 4.54. The second-order valence-corrected chi connectivity index (χ2v) is 7.68. The SMILES string of the molecule is CC(C)(C)OC(O)N1CCCC1CNC(=O)c1cccc2cccnc12. The van der Waals surface area contributed by atoms with E-state index in [1.807, 2.05) is 49.9 Å². The smallest absolute Gasteiger partial charge is 0.253 e. The van der Waals surface area contributed by atoms with Gasteiger partial charge in [0, 0.05) is 30.7 Å². The van der Waals surface area contributed by atoms with Crippen molar-refractivity contribution in [2.24, 2.45) is 0 Å². The van der Waals surface area contributed by atoms with E-state index in [2.05, 4.69) is 10.3 Å². The maximum Gasteiger partial charge on any atom is 0.253 e. The molecule has 6 nitrogen and oxygen atoms in total. The predicted molar refractivity (Wildman–Crippen MR) is 101 cm³/mol. The van der Waals surface area contributed by atoms with Gasteiger partial charge in [-0.15, -0.1) is 0 Å². The fraction of sp³-hybridized carbons (Fsp3) is 0.500. The fourth-order valence-electron chi connectivity index (χ4n) is 3.35. The Bertz CT molecular complexity index is 767. The molecular formula is C20H27N3O3. The lowest BCUT2D eigenvalue weighted by molar-refractivity contribution is -0.241. The third kappa shape index (κ3) is 4.38. The normalized spacial score (nSPS) is 19.6. The first-order valence-electron chi connectivity index (χ1n) is 9.09. The summed E-state index contributed by atoms with van der Waals surface area (Å²) in [5.74, 6) is -0.146. The van der Waals surface area contributed by atoms with Crippen LogP contribution < -0.4 is 5.32 Å². The number of hydrogen-bond acceptors (Lipinski definition) is 5. The number of carbonyl (C=O) groups excluding carboxylic acids is 1. The first kappa shape index (κ1) is 18.8. The van der Waals surface area contributed by atoms with Crippen LogP contribution in [-0.4, -0.2) is 52.0 Å². The summed E-state index contributed by atoms with van der Waals surface area (Å²) in [5.41, 5.74) is 0.843. The van der Waals surface area contributed by atoms with Crippen LogP contribution in [0.15, 0.2) is 36.5 Å². The lowest BCUT2D eigenvalue weighted by atomic mass is 10.1. The molecule has 2 heterocycles. The number of para-hydroxylation sites is 1. The Labute approximate surface area is 154 Å². The molecule has 2 atom stereocenters. The topological polar surface area (TPSA) is 74.7 Å². The number of ether oxygens (including phenoxy) is 1. The van der Waals surface area contributed by atoms with Gasteiger partial charge in [0.2, 0.25) is 6.41 Å². The van der Waals surface area contributed by atoms with Gasteiger partial charge >= 0.3 is 0 Å². The number of aliphatic hydroxyl groups is 1. The average molecular weight is 357 g/mol. The summed E-state index contributed by atoms with van der Waals surface area (Å²) in [4.78, 5) is 18.9. The van der Waals surface area contributed by atoms with Gasteiger partial charge in [-0.1, -0.05) is 18.2 Å². The van der Waals surface area contributed by atoms with Gasteiger partial charge in [0.25, 0.3) is 5.91 Å². The number of hydrogen-bond donors (Lipinski definition) is 2. The molecule has 0 saturated carbocycles. The number of fused-ring (bicyclic) bond motifs is 1. The van der Waals surface area contributed by atoms with Crippen molar-refractivity contribution in [1.29, 1.82) is 0 Å². The Kier molecular flexibility index (Phi) is 5.55. The monoisotopic (exact) mass is 357 g/mol. The summed E-state index contributed by atoms with van der Waals surface area (Å²) < 4.78 is 5.66. The van der Waals surface area contributed by atoms with E-state index in [9.17, 15) is 9.90 Å². The number of amides is 1. The molecule has 2 N–H and O–H groups in total. The number of aromatic nitrogens is 1. The van der Waals surface area contributed by atoms with E-state index in [0.717, 1.165) is 24.8 Å². The highest BCUT2D eigenvalue weighted by Gasteiger charge is 2.32. The van der Waals surface area contributed by atoms with Gasteiger partial charge in [-0.2, -0.15) is 0 Å². The van der Waals surface area contributed by atoms with E-state index < -0.39 is 12.0 Å². The largest absolute Gasteiger partial charge is 0.356 e. The molecule has 140 valence electrons. The molecule has 0 bridgehead atoms. The quantitative estimate of drug-likeness (QED) is 0.805. The molecule has 1 aliphatic rings. The van der Waals surface area contributed by atoms with E-state index in [4.69, 9.17) is 4.74 Å². The van der Waals surface area contributed by atoms with Crippen molar-refractivity contribution >= 4 is 16.8 Å². The highest BCUT2D eigenvalue weighted by molar-refractivity contribution is 6.05. The van der Waals surface area contributed by atoms with Crippen LogP contribution in [0.5, 0.6) is 0 Å². The Morgan fingerprint density at radius 2 is 2.15 bits per heavy atom. The molecule has 26 heavy (non-hydrogen) atoms. The van der Waals surface area contributed by atoms with Gasteiger partial charge in [0.15, 0.2) is 0 Å². The van der Waals surface area contributed by atoms with Crippen LogP contribution in [0.2, 0.25) is 0 Å². The molecule has 0 radical (unpaired) electrons. The Morgan fingerprint density at radius 3 is 2.92 bits per heavy atom. The number of carbonyl (C=O) groups is 1. The highest BCUT2D eigenvalue weighted by Crippen LogP contribution is 2.22. The second kappa shape index (κ2) is 7.70. The minimum Gasteiger partial charge on any atom is -0.356 e. The van der Waals surface area contributed by atoms with Crippen molar-refractivity contribution in [3.63, 3.8) is 0 Å². The zero-order valence-corrected chi connectivity index (χ0v) is 15.6. The van der Waals surface area contributed by atoms with Gasteiger partial charge in [0.05, 0.1) is 16.7 Å². The van der Waals surface area contributed by atoms with Crippen LogP contribution in [0.4, 0.5) is 0 Å². The summed E-state index contributed by atoms with van der Waals surface area (Å²) in [5, 5.41) is 14.3. The standard InChI is InChI=1S/C20H27N3O3/c1-20(2,3)26-19(25)23-12-6-9-15(23)13-22-18(24)16-10-4-7-14-8-5-11-21-17(14)16/h4-5,7-8,10-11,15,19,25H,6,9,12-13H2,1-3H3,(H,22,24). The molecule has 0 aliphatic carbocycles. The maximum absolute atomic E-state index is 12.7. The number of nitrogens with zero attached hydrogens (tertiary/aromatic N) is 2. The molecule has 0 spiro atoms. The first-order valence-corrected chi connectivity index (χ1v) is 9.09. The zero-order chi connectivity index (χ0) is 18.7. The van der Waals surface area contributed by atoms with E-state index in [1.165, 1.54) is 0 Å². The number of likely N-dealkylation sites (tertiary alicyclic amines) is 1. The molecule has 3 rings (SSSR count). The summed E-state index contributed by atoms with van der Waals surface area (Å²) in [6.07, 6.45) is 2.62. The lowest BCUT2D eigenvalue weighted by Crippen LogP contribution is -2.48. The van der Waals surface area contributed by atoms with Gasteiger partial charge in [0.1, 0.15) is 0 Å². The summed E-state index contributed by atoms with van der Waals surface area (Å²) >= 11 is 0. The molecule has 1 fully saturated rings. The minimum absolute atomic E-state index is 0.0548. The first-order chi connectivity index (χ1) is 12.3. The number of rotatable bonds is 5. The number of aliphatic hydroxyl groups excluding tert-OH is 1. The Balaban J connectivity index is 1.65. The minimum atomic E-state index is -0.960. The summed E-state index contributed by atoms with van der Waals surface area (Å²) in [6, 6.07) is 9.45. The van der Waals surface area contributed by atoms with Crippen LogP contribution in [0, 0.1) is 0 Å². The summed E-state index contributed by atoms with van der Waals surface area (Å²) in [6.45, 7) is 6.96. The highest BCUT2D eigenvalue weighted by atomic mass is 16.6. The van der Waals surface area contributed by atoms with Crippen molar-refractivity contribution in [3.8, 4) is 0 Å². The van der Waals surface area contributed by atoms with Gasteiger partial charge in [-0.05, 0) is 45.7 Å². The van der Waals surface area contributed by atoms with Gasteiger partial charge < -0.3 is 15.2 Å². The predicted octanol–water partition coefficient (Wildman–Crippen LogP) is 2.52. The molecule has 1 saturated heterocycles. The van der Waals surface area contributed by atoms with Crippen molar-refractivity contribution in [2.75, 3.05) is 13.1 Å². The number of pyridine rings is 1. The van der Waals surface area contributed by atoms with Crippen molar-refractivity contribution in [2.45, 2.75) is 51.7 Å². The van der Waals surface area contributed by atoms with E-state index in [0.29, 0.717) is 17.6 Å². The molecule has 1 aliphatic heterocycles. The average Bonchev–Trinajstić information content (AvgIpc) is 3.06. The number of benzene rings is 1. The molecule has 2 unspecified atom stereocenters. The maximum atomic E-state index is 12.7. The van der Waals surface area contributed by atoms with Gasteiger partial charge in [-0.25, -0.2) is 0 Å². The Hall–Kier alpha value is -2.02. The van der Waals surface area contributed by atoms with Crippen LogP contribution >= 0.6 is 0 Å².